The number of para-hydroxylation sites is 1. The van der Waals surface area contributed by atoms with Gasteiger partial charge < -0.3 is 14.4 Å². The minimum atomic E-state index is -0.273. The van der Waals surface area contributed by atoms with Crippen molar-refractivity contribution in [1.29, 1.82) is 0 Å². The van der Waals surface area contributed by atoms with Gasteiger partial charge in [0.1, 0.15) is 5.75 Å². The Morgan fingerprint density at radius 1 is 1.13 bits per heavy atom. The van der Waals surface area contributed by atoms with Crippen LogP contribution < -0.4 is 45.0 Å². The van der Waals surface area contributed by atoms with Gasteiger partial charge in [0.05, 0.1) is 28.6 Å². The minimum absolute atomic E-state index is 0. The van der Waals surface area contributed by atoms with Crippen LogP contribution in [0.15, 0.2) is 59.4 Å². The monoisotopic (exact) mass is 440 g/mol. The van der Waals surface area contributed by atoms with Crippen LogP contribution in [0.3, 0.4) is 0 Å². The van der Waals surface area contributed by atoms with Gasteiger partial charge in [-0.3, -0.25) is 4.79 Å². The maximum atomic E-state index is 13.2. The van der Waals surface area contributed by atoms with Crippen molar-refractivity contribution in [1.82, 2.24) is 19.3 Å². The molecule has 0 saturated carbocycles. The van der Waals surface area contributed by atoms with E-state index in [4.69, 9.17) is 4.74 Å². The number of nitrogens with zero attached hydrogens (tertiary/aromatic N) is 4. The summed E-state index contributed by atoms with van der Waals surface area (Å²) in [6, 6.07) is 16.6. The molecule has 0 atom stereocenters. The van der Waals surface area contributed by atoms with Gasteiger partial charge in [0.25, 0.3) is 5.56 Å². The summed E-state index contributed by atoms with van der Waals surface area (Å²) in [7, 11) is 1.61. The van der Waals surface area contributed by atoms with Gasteiger partial charge in [-0.1, -0.05) is 35.6 Å². The standard InChI is InChI=1S/C22H18N4O3S.Na/c1-13-20-17(11-19(27)25(13)12-14-7-9-15(29-2)10-8-14)24-26(21(20)28)22-23-16-5-3-4-6-18(16)30-22;/h3-11,27H,12H2,1-2H3;/q;+1/p-1. The predicted molar refractivity (Wildman–Crippen MR) is 114 cm³/mol. The van der Waals surface area contributed by atoms with E-state index in [0.29, 0.717) is 28.6 Å². The van der Waals surface area contributed by atoms with Crippen molar-refractivity contribution in [2.75, 3.05) is 7.11 Å². The molecule has 0 fully saturated rings. The Labute approximate surface area is 204 Å². The molecule has 2 aromatic carbocycles. The van der Waals surface area contributed by atoms with Gasteiger partial charge in [-0.25, -0.2) is 4.98 Å². The van der Waals surface area contributed by atoms with Gasteiger partial charge >= 0.3 is 29.6 Å². The zero-order valence-corrected chi connectivity index (χ0v) is 20.1. The molecule has 150 valence electrons. The van der Waals surface area contributed by atoms with Crippen molar-refractivity contribution in [3.63, 3.8) is 0 Å². The van der Waals surface area contributed by atoms with Crippen LogP contribution in [0.4, 0.5) is 0 Å². The summed E-state index contributed by atoms with van der Waals surface area (Å²) < 4.78 is 9.04. The number of methoxy groups -OCH3 is 1. The van der Waals surface area contributed by atoms with Crippen LogP contribution >= 0.6 is 11.3 Å². The SMILES string of the molecule is COc1ccc(Cn2c([O-])cc3nn(-c4nc5ccccc5s4)c(=O)c-3c2C)cc1.[Na+]. The molecule has 9 heteroatoms. The molecule has 5 rings (SSSR count). The zero-order valence-electron chi connectivity index (χ0n) is 17.3. The van der Waals surface area contributed by atoms with Gasteiger partial charge in [0.2, 0.25) is 5.13 Å². The third-order valence-corrected chi connectivity index (χ3v) is 6.14. The molecule has 0 N–H and O–H groups in total. The van der Waals surface area contributed by atoms with Crippen molar-refractivity contribution in [2.45, 2.75) is 13.5 Å². The molecule has 1 aromatic heterocycles. The van der Waals surface area contributed by atoms with E-state index in [-0.39, 0.29) is 41.0 Å². The van der Waals surface area contributed by atoms with Crippen LogP contribution in [0.1, 0.15) is 11.3 Å². The molecule has 7 nitrogen and oxygen atoms in total. The Balaban J connectivity index is 0.00000231. The number of hydrogen-bond donors (Lipinski definition) is 0. The van der Waals surface area contributed by atoms with Gasteiger partial charge in [-0.2, -0.15) is 9.78 Å². The van der Waals surface area contributed by atoms with Crippen LogP contribution in [0.25, 0.3) is 26.6 Å². The molecular formula is C22H17N4NaO3S. The van der Waals surface area contributed by atoms with Crippen LogP contribution in [0.5, 0.6) is 11.6 Å². The predicted octanol–water partition coefficient (Wildman–Crippen LogP) is 0.191. The van der Waals surface area contributed by atoms with E-state index in [1.54, 1.807) is 18.6 Å². The fourth-order valence-corrected chi connectivity index (χ4v) is 4.46. The molecule has 3 aromatic rings. The average molecular weight is 440 g/mol. The average Bonchev–Trinajstić information content (AvgIpc) is 3.32. The van der Waals surface area contributed by atoms with E-state index in [1.165, 1.54) is 22.1 Å². The van der Waals surface area contributed by atoms with Crippen molar-refractivity contribution in [3.8, 4) is 28.0 Å². The normalized spacial score (nSPS) is 11.0. The summed E-state index contributed by atoms with van der Waals surface area (Å²) in [5.74, 6) is 0.544. The number of benzene rings is 2. The first-order valence-corrected chi connectivity index (χ1v) is 10.2. The summed E-state index contributed by atoms with van der Waals surface area (Å²) in [4.78, 5) is 17.7. The minimum Gasteiger partial charge on any atom is -0.860 e. The van der Waals surface area contributed by atoms with E-state index < -0.39 is 0 Å². The van der Waals surface area contributed by atoms with Crippen molar-refractivity contribution < 1.29 is 39.4 Å². The van der Waals surface area contributed by atoms with Crippen LogP contribution in [0.2, 0.25) is 0 Å². The van der Waals surface area contributed by atoms with Crippen molar-refractivity contribution in [3.05, 3.63) is 76.2 Å². The van der Waals surface area contributed by atoms with Crippen LogP contribution in [0, 0.1) is 6.92 Å². The van der Waals surface area contributed by atoms with E-state index in [0.717, 1.165) is 21.5 Å². The molecule has 0 spiro atoms. The molecular weight excluding hydrogens is 423 g/mol. The topological polar surface area (TPSA) is 85.0 Å². The molecule has 0 amide bonds. The second-order valence-corrected chi connectivity index (χ2v) is 7.95. The van der Waals surface area contributed by atoms with E-state index >= 15 is 0 Å². The maximum absolute atomic E-state index is 13.2. The number of thiazole rings is 1. The summed E-state index contributed by atoms with van der Waals surface area (Å²) >= 11 is 1.39. The second kappa shape index (κ2) is 8.47. The Hall–Kier alpha value is -2.65. The third kappa shape index (κ3) is 3.76. The van der Waals surface area contributed by atoms with Gasteiger partial charge in [0.15, 0.2) is 0 Å². The Kier molecular flexibility index (Phi) is 5.90. The molecule has 31 heavy (non-hydrogen) atoms. The first kappa shape index (κ1) is 21.6. The van der Waals surface area contributed by atoms with E-state index in [2.05, 4.69) is 10.1 Å². The molecule has 0 saturated heterocycles. The number of hydrogen-bond acceptors (Lipinski definition) is 6. The summed E-state index contributed by atoms with van der Waals surface area (Å²) in [6.45, 7) is 2.13. The summed E-state index contributed by atoms with van der Waals surface area (Å²) in [5, 5.41) is 17.6. The van der Waals surface area contributed by atoms with Crippen LogP contribution in [-0.4, -0.2) is 26.4 Å². The summed E-state index contributed by atoms with van der Waals surface area (Å²) in [6.07, 6.45) is 0. The Morgan fingerprint density at radius 2 is 1.87 bits per heavy atom. The molecule has 0 radical (unpaired) electrons. The number of pyridine rings is 1. The van der Waals surface area contributed by atoms with Gasteiger partial charge in [0, 0.05) is 12.2 Å². The fraction of sp³-hybridized carbons (Fsp3) is 0.136. The fourth-order valence-electron chi connectivity index (χ4n) is 3.55. The third-order valence-electron chi connectivity index (χ3n) is 5.13. The number of fused-ring (bicyclic) bond motifs is 2. The van der Waals surface area contributed by atoms with Crippen molar-refractivity contribution in [2.24, 2.45) is 0 Å². The Morgan fingerprint density at radius 3 is 2.58 bits per heavy atom. The quantitative estimate of drug-likeness (QED) is 0.373. The van der Waals surface area contributed by atoms with Gasteiger partial charge in [-0.05, 0) is 48.7 Å². The number of ether oxygens (including phenoxy) is 1. The Bertz CT molecular complexity index is 1370. The second-order valence-electron chi connectivity index (χ2n) is 6.94. The van der Waals surface area contributed by atoms with E-state index in [1.807, 2.05) is 48.5 Å². The molecule has 3 heterocycles. The zero-order chi connectivity index (χ0) is 20.8. The van der Waals surface area contributed by atoms with Crippen LogP contribution in [-0.2, 0) is 6.54 Å². The molecule has 2 aliphatic rings. The number of rotatable bonds is 4. The largest absolute Gasteiger partial charge is 1.00 e. The van der Waals surface area contributed by atoms with Gasteiger partial charge in [-0.15, -0.1) is 0 Å². The molecule has 2 aliphatic heterocycles. The smallest absolute Gasteiger partial charge is 0.860 e. The maximum Gasteiger partial charge on any atom is 1.00 e. The molecule has 0 aliphatic carbocycles. The molecule has 0 bridgehead atoms. The van der Waals surface area contributed by atoms with Crippen molar-refractivity contribution >= 4 is 21.6 Å². The first-order valence-electron chi connectivity index (χ1n) is 9.34. The number of aromatic nitrogens is 4. The molecule has 0 unspecified atom stereocenters. The first-order chi connectivity index (χ1) is 14.5. The van der Waals surface area contributed by atoms with E-state index in [9.17, 15) is 9.90 Å². The summed E-state index contributed by atoms with van der Waals surface area (Å²) in [5.41, 5.74) is 2.88.